The molecular weight excluding hydrogens is 292 g/mol. The first-order chi connectivity index (χ1) is 9.49. The number of aromatic nitrogens is 1. The van der Waals surface area contributed by atoms with Crippen LogP contribution < -0.4 is 4.90 Å². The van der Waals surface area contributed by atoms with Crippen LogP contribution in [0, 0.1) is 5.92 Å². The smallest absolute Gasteiger partial charge is 0.308 e. The summed E-state index contributed by atoms with van der Waals surface area (Å²) in [6.45, 7) is 6.32. The minimum absolute atomic E-state index is 0.221. The van der Waals surface area contributed by atoms with Crippen LogP contribution in [0.25, 0.3) is 10.6 Å². The van der Waals surface area contributed by atoms with Gasteiger partial charge in [-0.15, -0.1) is 22.7 Å². The Balaban J connectivity index is 2.20. The number of hydrogen-bond acceptors (Lipinski definition) is 5. The van der Waals surface area contributed by atoms with Crippen molar-refractivity contribution in [1.82, 2.24) is 4.98 Å². The van der Waals surface area contributed by atoms with Gasteiger partial charge in [0, 0.05) is 18.0 Å². The van der Waals surface area contributed by atoms with Crippen molar-refractivity contribution in [2.75, 3.05) is 11.4 Å². The molecule has 2 aromatic heterocycles. The number of rotatable bonds is 6. The maximum absolute atomic E-state index is 11.0. The van der Waals surface area contributed by atoms with Crippen LogP contribution >= 0.6 is 22.7 Å². The summed E-state index contributed by atoms with van der Waals surface area (Å²) in [6, 6.07) is 4.27. The molecule has 0 bridgehead atoms. The second-order valence-corrected chi connectivity index (χ2v) is 6.76. The van der Waals surface area contributed by atoms with Crippen molar-refractivity contribution in [2.24, 2.45) is 5.92 Å². The molecule has 0 spiro atoms. The molecule has 108 valence electrons. The molecule has 0 fully saturated rings. The van der Waals surface area contributed by atoms with Gasteiger partial charge in [-0.25, -0.2) is 4.98 Å². The molecule has 0 saturated carbocycles. The van der Waals surface area contributed by atoms with E-state index in [1.807, 2.05) is 22.9 Å². The summed E-state index contributed by atoms with van der Waals surface area (Å²) in [7, 11) is 0. The van der Waals surface area contributed by atoms with E-state index in [0.29, 0.717) is 6.54 Å². The second-order valence-electron chi connectivity index (χ2n) is 4.98. The lowest BCUT2D eigenvalue weighted by atomic mass is 10.1. The van der Waals surface area contributed by atoms with E-state index in [4.69, 9.17) is 5.11 Å². The van der Waals surface area contributed by atoms with Crippen LogP contribution in [-0.4, -0.2) is 28.6 Å². The third-order valence-electron chi connectivity index (χ3n) is 3.03. The summed E-state index contributed by atoms with van der Waals surface area (Å²) in [5, 5.41) is 14.0. The lowest BCUT2D eigenvalue weighted by Crippen LogP contribution is -2.36. The van der Waals surface area contributed by atoms with Gasteiger partial charge < -0.3 is 10.0 Å². The summed E-state index contributed by atoms with van der Waals surface area (Å²) in [4.78, 5) is 18.9. The zero-order valence-corrected chi connectivity index (χ0v) is 13.4. The first-order valence-corrected chi connectivity index (χ1v) is 8.23. The highest BCUT2D eigenvalue weighted by Crippen LogP contribution is 2.31. The molecule has 0 saturated heterocycles. The Morgan fingerprint density at radius 2 is 2.15 bits per heavy atom. The monoisotopic (exact) mass is 310 g/mol. The molecule has 0 aliphatic heterocycles. The Labute approximate surface area is 126 Å². The molecule has 20 heavy (non-hydrogen) atoms. The molecule has 1 atom stereocenters. The van der Waals surface area contributed by atoms with Crippen molar-refractivity contribution >= 4 is 33.8 Å². The largest absolute Gasteiger partial charge is 0.481 e. The van der Waals surface area contributed by atoms with Gasteiger partial charge in [0.1, 0.15) is 0 Å². The molecule has 0 radical (unpaired) electrons. The van der Waals surface area contributed by atoms with Gasteiger partial charge in [-0.3, -0.25) is 4.79 Å². The van der Waals surface area contributed by atoms with E-state index in [2.05, 4.69) is 23.7 Å². The van der Waals surface area contributed by atoms with E-state index >= 15 is 0 Å². The molecule has 0 aliphatic carbocycles. The zero-order valence-electron chi connectivity index (χ0n) is 11.7. The Bertz CT molecular complexity index is 564. The van der Waals surface area contributed by atoms with Crippen LogP contribution in [0.3, 0.4) is 0 Å². The summed E-state index contributed by atoms with van der Waals surface area (Å²) >= 11 is 3.23. The summed E-state index contributed by atoms with van der Waals surface area (Å²) in [5.74, 6) is -1.18. The minimum atomic E-state index is -0.773. The van der Waals surface area contributed by atoms with Crippen LogP contribution in [0.5, 0.6) is 0 Å². The Morgan fingerprint density at radius 1 is 1.40 bits per heavy atom. The second kappa shape index (κ2) is 6.37. The highest BCUT2D eigenvalue weighted by atomic mass is 32.1. The predicted molar refractivity (Wildman–Crippen MR) is 84.7 cm³/mol. The van der Waals surface area contributed by atoms with Crippen LogP contribution in [0.4, 0.5) is 5.13 Å². The molecule has 0 amide bonds. The third-order valence-corrected chi connectivity index (χ3v) is 4.80. The van der Waals surface area contributed by atoms with Crippen molar-refractivity contribution in [3.63, 3.8) is 0 Å². The fourth-order valence-electron chi connectivity index (χ4n) is 1.82. The van der Waals surface area contributed by atoms with E-state index in [1.54, 1.807) is 29.6 Å². The van der Waals surface area contributed by atoms with Crippen LogP contribution in [0.15, 0.2) is 22.9 Å². The van der Waals surface area contributed by atoms with Crippen molar-refractivity contribution in [3.05, 3.63) is 22.9 Å². The van der Waals surface area contributed by atoms with Gasteiger partial charge in [0.15, 0.2) is 5.13 Å². The van der Waals surface area contributed by atoms with Gasteiger partial charge in [0.05, 0.1) is 16.5 Å². The van der Waals surface area contributed by atoms with Crippen molar-refractivity contribution in [1.29, 1.82) is 0 Å². The average molecular weight is 310 g/mol. The first kappa shape index (κ1) is 15.0. The number of anilines is 1. The molecular formula is C14H18N2O2S2. The number of carboxylic acids is 1. The average Bonchev–Trinajstić information content (AvgIpc) is 3.05. The van der Waals surface area contributed by atoms with Gasteiger partial charge in [0.2, 0.25) is 0 Å². The maximum atomic E-state index is 11.0. The number of hydrogen-bond donors (Lipinski definition) is 1. The van der Waals surface area contributed by atoms with Crippen molar-refractivity contribution < 1.29 is 9.90 Å². The number of aliphatic carboxylic acids is 1. The number of carbonyl (C=O) groups is 1. The maximum Gasteiger partial charge on any atom is 0.308 e. The fourth-order valence-corrected chi connectivity index (χ4v) is 3.55. The third kappa shape index (κ3) is 3.37. The number of thiophene rings is 1. The van der Waals surface area contributed by atoms with E-state index in [9.17, 15) is 4.79 Å². The molecule has 2 rings (SSSR count). The quantitative estimate of drug-likeness (QED) is 0.881. The summed E-state index contributed by atoms with van der Waals surface area (Å²) in [5.41, 5.74) is 0.966. The molecule has 6 heteroatoms. The lowest BCUT2D eigenvalue weighted by molar-refractivity contribution is -0.140. The Hall–Kier alpha value is -1.40. The summed E-state index contributed by atoms with van der Waals surface area (Å²) in [6.07, 6.45) is 0. The topological polar surface area (TPSA) is 53.4 Å². The number of carboxylic acid groups (broad SMARTS) is 1. The van der Waals surface area contributed by atoms with Gasteiger partial charge in [-0.2, -0.15) is 0 Å². The number of thiazole rings is 1. The molecule has 2 heterocycles. The van der Waals surface area contributed by atoms with E-state index in [-0.39, 0.29) is 6.04 Å². The Kier molecular flexibility index (Phi) is 4.77. The predicted octanol–water partition coefficient (Wildman–Crippen LogP) is 3.81. The molecule has 1 N–H and O–H groups in total. The van der Waals surface area contributed by atoms with Gasteiger partial charge in [-0.05, 0) is 25.3 Å². The van der Waals surface area contributed by atoms with Crippen molar-refractivity contribution in [3.8, 4) is 10.6 Å². The Morgan fingerprint density at radius 3 is 2.70 bits per heavy atom. The van der Waals surface area contributed by atoms with Crippen molar-refractivity contribution in [2.45, 2.75) is 26.8 Å². The first-order valence-electron chi connectivity index (χ1n) is 6.48. The molecule has 1 unspecified atom stereocenters. The van der Waals surface area contributed by atoms with Gasteiger partial charge in [-0.1, -0.05) is 13.0 Å². The highest BCUT2D eigenvalue weighted by molar-refractivity contribution is 7.16. The lowest BCUT2D eigenvalue weighted by Gasteiger charge is -2.27. The standard InChI is InChI=1S/C14H18N2O2S2/c1-9(2)16(7-10(3)13(17)18)14-15-11(8-20-14)12-5-4-6-19-12/h4-6,8-10H,7H2,1-3H3,(H,17,18). The number of nitrogens with zero attached hydrogens (tertiary/aromatic N) is 2. The van der Waals surface area contributed by atoms with Crippen LogP contribution in [0.2, 0.25) is 0 Å². The fraction of sp³-hybridized carbons (Fsp3) is 0.429. The van der Waals surface area contributed by atoms with Crippen LogP contribution in [-0.2, 0) is 4.79 Å². The highest BCUT2D eigenvalue weighted by Gasteiger charge is 2.21. The van der Waals surface area contributed by atoms with E-state index in [0.717, 1.165) is 15.7 Å². The van der Waals surface area contributed by atoms with E-state index < -0.39 is 11.9 Å². The normalized spacial score (nSPS) is 12.6. The molecule has 2 aromatic rings. The van der Waals surface area contributed by atoms with Gasteiger partial charge >= 0.3 is 5.97 Å². The summed E-state index contributed by atoms with van der Waals surface area (Å²) < 4.78 is 0. The molecule has 4 nitrogen and oxygen atoms in total. The van der Waals surface area contributed by atoms with E-state index in [1.165, 1.54) is 0 Å². The zero-order chi connectivity index (χ0) is 14.7. The van der Waals surface area contributed by atoms with Gasteiger partial charge in [0.25, 0.3) is 0 Å². The molecule has 0 aliphatic rings. The molecule has 0 aromatic carbocycles. The minimum Gasteiger partial charge on any atom is -0.481 e. The van der Waals surface area contributed by atoms with Crippen LogP contribution in [0.1, 0.15) is 20.8 Å². The SMILES string of the molecule is CC(CN(c1nc(-c2cccs2)cs1)C(C)C)C(=O)O.